The first kappa shape index (κ1) is 13.6. The minimum absolute atomic E-state index is 0.243. The molecule has 0 aliphatic heterocycles. The Morgan fingerprint density at radius 1 is 1.14 bits per heavy atom. The molecule has 0 saturated heterocycles. The Hall–Kier alpha value is -2.34. The molecular formula is C15H18N6. The normalized spacial score (nSPS) is 12.6. The number of tetrazole rings is 1. The summed E-state index contributed by atoms with van der Waals surface area (Å²) in [5, 5.41) is 19.4. The highest BCUT2D eigenvalue weighted by molar-refractivity contribution is 5.33. The number of benzene rings is 1. The molecular weight excluding hydrogens is 264 g/mol. The largest absolute Gasteiger partial charge is 0.310 e. The van der Waals surface area contributed by atoms with Gasteiger partial charge in [-0.15, -0.1) is 9.73 Å². The zero-order chi connectivity index (χ0) is 14.5. The highest BCUT2D eigenvalue weighted by Gasteiger charge is 2.13. The van der Waals surface area contributed by atoms with Crippen LogP contribution in [0.2, 0.25) is 0 Å². The van der Waals surface area contributed by atoms with Crippen molar-refractivity contribution in [3.63, 3.8) is 0 Å². The summed E-state index contributed by atoms with van der Waals surface area (Å²) in [6.07, 6.45) is 1.91. The molecule has 21 heavy (non-hydrogen) atoms. The van der Waals surface area contributed by atoms with Crippen molar-refractivity contribution in [3.8, 4) is 0 Å². The fourth-order valence-corrected chi connectivity index (χ4v) is 2.32. The Morgan fingerprint density at radius 3 is 2.81 bits per heavy atom. The van der Waals surface area contributed by atoms with Crippen LogP contribution in [0, 0.1) is 0 Å². The van der Waals surface area contributed by atoms with Crippen LogP contribution in [0.15, 0.2) is 42.5 Å². The maximum atomic E-state index is 4.45. The zero-order valence-corrected chi connectivity index (χ0v) is 12.0. The molecule has 0 aliphatic rings. The second-order valence-corrected chi connectivity index (χ2v) is 4.97. The molecule has 0 fully saturated rings. The number of aromatic nitrogens is 5. The molecule has 0 bridgehead atoms. The van der Waals surface area contributed by atoms with Gasteiger partial charge in [-0.3, -0.25) is 0 Å². The molecule has 0 aliphatic carbocycles. The predicted molar refractivity (Wildman–Crippen MR) is 79.8 cm³/mol. The molecule has 0 spiro atoms. The van der Waals surface area contributed by atoms with Crippen molar-refractivity contribution >= 4 is 5.65 Å². The second kappa shape index (κ2) is 6.41. The molecule has 3 rings (SSSR count). The minimum Gasteiger partial charge on any atom is -0.310 e. The van der Waals surface area contributed by atoms with Crippen LogP contribution < -0.4 is 5.32 Å². The summed E-state index contributed by atoms with van der Waals surface area (Å²) in [5.74, 6) is 0. The summed E-state index contributed by atoms with van der Waals surface area (Å²) < 4.78 is 1.47. The fourth-order valence-electron chi connectivity index (χ4n) is 2.32. The third-order valence-electron chi connectivity index (χ3n) is 3.38. The number of nitrogens with one attached hydrogen (secondary N) is 1. The van der Waals surface area contributed by atoms with Crippen LogP contribution in [0.1, 0.15) is 30.6 Å². The molecule has 6 heteroatoms. The number of nitrogens with zero attached hydrogens (tertiary/aromatic N) is 5. The van der Waals surface area contributed by atoms with Gasteiger partial charge in [-0.1, -0.05) is 37.3 Å². The molecule has 0 radical (unpaired) electrons. The van der Waals surface area contributed by atoms with Gasteiger partial charge in [0.1, 0.15) is 0 Å². The Labute approximate surface area is 123 Å². The zero-order valence-electron chi connectivity index (χ0n) is 12.0. The van der Waals surface area contributed by atoms with E-state index in [2.05, 4.69) is 57.1 Å². The van der Waals surface area contributed by atoms with Crippen molar-refractivity contribution in [2.45, 2.75) is 25.8 Å². The van der Waals surface area contributed by atoms with Crippen LogP contribution in [-0.4, -0.2) is 31.8 Å². The van der Waals surface area contributed by atoms with Gasteiger partial charge in [0.05, 0.1) is 5.69 Å². The fraction of sp³-hybridized carbons (Fsp3) is 0.333. The smallest absolute Gasteiger partial charge is 0.199 e. The van der Waals surface area contributed by atoms with Gasteiger partial charge in [-0.25, -0.2) is 0 Å². The van der Waals surface area contributed by atoms with E-state index in [4.69, 9.17) is 0 Å². The lowest BCUT2D eigenvalue weighted by atomic mass is 10.0. The van der Waals surface area contributed by atoms with E-state index in [1.807, 2.05) is 18.2 Å². The average molecular weight is 282 g/mol. The van der Waals surface area contributed by atoms with E-state index in [0.29, 0.717) is 5.65 Å². The van der Waals surface area contributed by atoms with E-state index >= 15 is 0 Å². The monoisotopic (exact) mass is 282 g/mol. The highest BCUT2D eigenvalue weighted by atomic mass is 15.6. The molecule has 108 valence electrons. The van der Waals surface area contributed by atoms with Crippen LogP contribution in [0.4, 0.5) is 0 Å². The minimum atomic E-state index is 0.243. The lowest BCUT2D eigenvalue weighted by Gasteiger charge is -2.18. The van der Waals surface area contributed by atoms with Crippen LogP contribution in [0.25, 0.3) is 5.65 Å². The summed E-state index contributed by atoms with van der Waals surface area (Å²) in [4.78, 5) is 0. The molecule has 3 aromatic rings. The summed E-state index contributed by atoms with van der Waals surface area (Å²) >= 11 is 0. The van der Waals surface area contributed by atoms with Crippen LogP contribution in [-0.2, 0) is 6.42 Å². The van der Waals surface area contributed by atoms with E-state index in [9.17, 15) is 0 Å². The van der Waals surface area contributed by atoms with Gasteiger partial charge in [-0.2, -0.15) is 5.10 Å². The quantitative estimate of drug-likeness (QED) is 0.746. The first-order chi connectivity index (χ1) is 10.4. The molecule has 1 aromatic carbocycles. The van der Waals surface area contributed by atoms with Crippen molar-refractivity contribution in [1.82, 2.24) is 30.6 Å². The second-order valence-electron chi connectivity index (χ2n) is 4.97. The van der Waals surface area contributed by atoms with Crippen LogP contribution >= 0.6 is 0 Å². The summed E-state index contributed by atoms with van der Waals surface area (Å²) in [5.41, 5.74) is 2.90. The lowest BCUT2D eigenvalue weighted by Crippen LogP contribution is -2.24. The van der Waals surface area contributed by atoms with Gasteiger partial charge in [0, 0.05) is 12.5 Å². The molecule has 2 aromatic heterocycles. The van der Waals surface area contributed by atoms with Crippen LogP contribution in [0.5, 0.6) is 0 Å². The average Bonchev–Trinajstić information content (AvgIpc) is 3.00. The van der Waals surface area contributed by atoms with Crippen molar-refractivity contribution < 1.29 is 0 Å². The Kier molecular flexibility index (Phi) is 4.16. The predicted octanol–water partition coefficient (Wildman–Crippen LogP) is 1.80. The Balaban J connectivity index is 1.82. The van der Waals surface area contributed by atoms with Crippen molar-refractivity contribution in [2.24, 2.45) is 0 Å². The first-order valence-corrected chi connectivity index (χ1v) is 7.19. The molecule has 6 nitrogen and oxygen atoms in total. The van der Waals surface area contributed by atoms with Gasteiger partial charge >= 0.3 is 0 Å². The topological polar surface area (TPSA) is 68.0 Å². The van der Waals surface area contributed by atoms with Crippen molar-refractivity contribution in [3.05, 3.63) is 53.7 Å². The Morgan fingerprint density at radius 2 is 2.00 bits per heavy atom. The SMILES string of the molecule is CCCNC(Cc1ccc2nnnn2n1)c1ccccc1. The third-order valence-corrected chi connectivity index (χ3v) is 3.38. The van der Waals surface area contributed by atoms with E-state index in [1.165, 1.54) is 10.2 Å². The molecule has 1 N–H and O–H groups in total. The van der Waals surface area contributed by atoms with Crippen molar-refractivity contribution in [2.75, 3.05) is 6.54 Å². The highest BCUT2D eigenvalue weighted by Crippen LogP contribution is 2.17. The maximum Gasteiger partial charge on any atom is 0.199 e. The molecule has 1 unspecified atom stereocenters. The number of hydrogen-bond donors (Lipinski definition) is 1. The maximum absolute atomic E-state index is 4.45. The number of hydrogen-bond acceptors (Lipinski definition) is 5. The van der Waals surface area contributed by atoms with Gasteiger partial charge in [0.25, 0.3) is 0 Å². The molecule has 2 heterocycles. The molecule has 1 atom stereocenters. The van der Waals surface area contributed by atoms with Crippen LogP contribution in [0.3, 0.4) is 0 Å². The van der Waals surface area contributed by atoms with Gasteiger partial charge in [0.15, 0.2) is 5.65 Å². The number of fused-ring (bicyclic) bond motifs is 1. The molecule has 0 saturated carbocycles. The summed E-state index contributed by atoms with van der Waals surface area (Å²) in [6, 6.07) is 14.6. The standard InChI is InChI=1S/C15H18N6/c1-2-10-16-14(12-6-4-3-5-7-12)11-13-8-9-15-17-19-20-21(15)18-13/h3-9,14,16H,2,10-11H2,1H3. The van der Waals surface area contributed by atoms with E-state index in [1.54, 1.807) is 0 Å². The summed E-state index contributed by atoms with van der Waals surface area (Å²) in [7, 11) is 0. The van der Waals surface area contributed by atoms with E-state index < -0.39 is 0 Å². The summed E-state index contributed by atoms with van der Waals surface area (Å²) in [6.45, 7) is 3.15. The number of rotatable bonds is 6. The van der Waals surface area contributed by atoms with E-state index in [0.717, 1.165) is 25.1 Å². The van der Waals surface area contributed by atoms with Gasteiger partial charge < -0.3 is 5.32 Å². The lowest BCUT2D eigenvalue weighted by molar-refractivity contribution is 0.518. The first-order valence-electron chi connectivity index (χ1n) is 7.19. The van der Waals surface area contributed by atoms with Gasteiger partial charge in [-0.05, 0) is 41.1 Å². The molecule has 0 amide bonds. The van der Waals surface area contributed by atoms with E-state index in [-0.39, 0.29) is 6.04 Å². The Bertz CT molecular complexity index is 693. The van der Waals surface area contributed by atoms with Gasteiger partial charge in [0.2, 0.25) is 0 Å². The third kappa shape index (κ3) is 3.22. The van der Waals surface area contributed by atoms with Crippen molar-refractivity contribution in [1.29, 1.82) is 0 Å².